The third-order valence-corrected chi connectivity index (χ3v) is 3.72. The van der Waals surface area contributed by atoms with E-state index in [4.69, 9.17) is 12.2 Å². The van der Waals surface area contributed by atoms with E-state index in [1.807, 2.05) is 31.2 Å². The molecule has 2 rings (SSSR count). The molecule has 5 nitrogen and oxygen atoms in total. The summed E-state index contributed by atoms with van der Waals surface area (Å²) in [6.45, 7) is 2.01. The highest BCUT2D eigenvalue weighted by Crippen LogP contribution is 2.12. The maximum absolute atomic E-state index is 12.0. The summed E-state index contributed by atoms with van der Waals surface area (Å²) in [5, 5.41) is 5.65. The fourth-order valence-corrected chi connectivity index (χ4v) is 2.37. The maximum Gasteiger partial charge on any atom is 0.253 e. The van der Waals surface area contributed by atoms with E-state index in [0.29, 0.717) is 11.3 Å². The van der Waals surface area contributed by atoms with Crippen LogP contribution in [0.2, 0.25) is 0 Å². The fraction of sp³-hybridized carbons (Fsp3) is 0.150. The normalized spacial score (nSPS) is 10.4. The highest BCUT2D eigenvalue weighted by Gasteiger charge is 2.09. The van der Waals surface area contributed by atoms with E-state index >= 15 is 0 Å². The standard InChI is InChI=1S/C20H21N3O2S/c1-14-7-9-15(10-8-14)11-12-18(24)22-20(26)21-17-6-4-5-16(13-17)19(25)23(2)3/h4-13H,1-3H3,(H2,21,22,24,26)/b12-11+. The van der Waals surface area contributed by atoms with Crippen LogP contribution in [0.15, 0.2) is 54.6 Å². The summed E-state index contributed by atoms with van der Waals surface area (Å²) >= 11 is 5.15. The molecule has 6 heteroatoms. The van der Waals surface area contributed by atoms with Gasteiger partial charge in [0, 0.05) is 31.4 Å². The summed E-state index contributed by atoms with van der Waals surface area (Å²) in [5.41, 5.74) is 3.25. The second kappa shape index (κ2) is 8.92. The first kappa shape index (κ1) is 19.3. The van der Waals surface area contributed by atoms with Gasteiger partial charge in [-0.05, 0) is 49.0 Å². The first-order valence-electron chi connectivity index (χ1n) is 8.03. The highest BCUT2D eigenvalue weighted by atomic mass is 32.1. The number of rotatable bonds is 4. The van der Waals surface area contributed by atoms with Crippen LogP contribution in [0.1, 0.15) is 21.5 Å². The Hall–Kier alpha value is -2.99. The smallest absolute Gasteiger partial charge is 0.253 e. The summed E-state index contributed by atoms with van der Waals surface area (Å²) in [6.07, 6.45) is 3.14. The van der Waals surface area contributed by atoms with Crippen molar-refractivity contribution < 1.29 is 9.59 Å². The quantitative estimate of drug-likeness (QED) is 0.643. The minimum atomic E-state index is -0.330. The van der Waals surface area contributed by atoms with Crippen LogP contribution in [0.3, 0.4) is 0 Å². The molecule has 0 radical (unpaired) electrons. The summed E-state index contributed by atoms with van der Waals surface area (Å²) in [4.78, 5) is 25.4. The number of nitrogens with one attached hydrogen (secondary N) is 2. The average molecular weight is 367 g/mol. The van der Waals surface area contributed by atoms with Crippen molar-refractivity contribution in [2.24, 2.45) is 0 Å². The first-order chi connectivity index (χ1) is 12.3. The molecule has 0 heterocycles. The number of aryl methyl sites for hydroxylation is 1. The van der Waals surface area contributed by atoms with Gasteiger partial charge in [-0.1, -0.05) is 35.9 Å². The molecule has 134 valence electrons. The van der Waals surface area contributed by atoms with Gasteiger partial charge in [0.05, 0.1) is 0 Å². The molecule has 0 spiro atoms. The largest absolute Gasteiger partial charge is 0.345 e. The highest BCUT2D eigenvalue weighted by molar-refractivity contribution is 7.80. The third-order valence-electron chi connectivity index (χ3n) is 3.51. The van der Waals surface area contributed by atoms with E-state index < -0.39 is 0 Å². The van der Waals surface area contributed by atoms with Gasteiger partial charge in [-0.25, -0.2) is 0 Å². The number of carbonyl (C=O) groups is 2. The van der Waals surface area contributed by atoms with Crippen LogP contribution in [0, 0.1) is 6.92 Å². The van der Waals surface area contributed by atoms with Gasteiger partial charge in [0.1, 0.15) is 0 Å². The van der Waals surface area contributed by atoms with Crippen LogP contribution >= 0.6 is 12.2 Å². The molecule has 0 bridgehead atoms. The van der Waals surface area contributed by atoms with Gasteiger partial charge in [-0.2, -0.15) is 0 Å². The Morgan fingerprint density at radius 2 is 1.77 bits per heavy atom. The monoisotopic (exact) mass is 367 g/mol. The van der Waals surface area contributed by atoms with Crippen LogP contribution in [-0.2, 0) is 4.79 Å². The van der Waals surface area contributed by atoms with E-state index in [1.165, 1.54) is 11.0 Å². The second-order valence-electron chi connectivity index (χ2n) is 5.97. The van der Waals surface area contributed by atoms with Crippen LogP contribution < -0.4 is 10.6 Å². The van der Waals surface area contributed by atoms with Crippen molar-refractivity contribution >= 4 is 40.9 Å². The molecule has 0 saturated heterocycles. The Balaban J connectivity index is 1.93. The number of hydrogen-bond acceptors (Lipinski definition) is 3. The lowest BCUT2D eigenvalue weighted by Crippen LogP contribution is -2.32. The van der Waals surface area contributed by atoms with Crippen molar-refractivity contribution in [1.29, 1.82) is 0 Å². The molecule has 2 N–H and O–H groups in total. The van der Waals surface area contributed by atoms with Gasteiger partial charge in [-0.3, -0.25) is 14.9 Å². The lowest BCUT2D eigenvalue weighted by molar-refractivity contribution is -0.115. The molecular formula is C20H21N3O2S. The van der Waals surface area contributed by atoms with Crippen molar-refractivity contribution in [1.82, 2.24) is 10.2 Å². The Labute approximate surface area is 158 Å². The molecule has 2 amide bonds. The lowest BCUT2D eigenvalue weighted by atomic mass is 10.1. The van der Waals surface area contributed by atoms with E-state index in [9.17, 15) is 9.59 Å². The van der Waals surface area contributed by atoms with Gasteiger partial charge >= 0.3 is 0 Å². The summed E-state index contributed by atoms with van der Waals surface area (Å²) in [7, 11) is 3.38. The zero-order valence-electron chi connectivity index (χ0n) is 14.9. The van der Waals surface area contributed by atoms with Gasteiger partial charge < -0.3 is 10.2 Å². The number of nitrogens with zero attached hydrogens (tertiary/aromatic N) is 1. The number of carbonyl (C=O) groups excluding carboxylic acids is 2. The van der Waals surface area contributed by atoms with Gasteiger partial charge in [-0.15, -0.1) is 0 Å². The third kappa shape index (κ3) is 5.82. The molecule has 0 fully saturated rings. The summed E-state index contributed by atoms with van der Waals surface area (Å²) in [6, 6.07) is 14.7. The molecule has 0 aliphatic rings. The number of anilines is 1. The van der Waals surface area contributed by atoms with Crippen LogP contribution in [-0.4, -0.2) is 35.9 Å². The number of hydrogen-bond donors (Lipinski definition) is 2. The Morgan fingerprint density at radius 3 is 2.42 bits per heavy atom. The van der Waals surface area contributed by atoms with Crippen molar-refractivity contribution in [2.45, 2.75) is 6.92 Å². The van der Waals surface area contributed by atoms with E-state index in [2.05, 4.69) is 10.6 Å². The Morgan fingerprint density at radius 1 is 1.08 bits per heavy atom. The Bertz CT molecular complexity index is 842. The second-order valence-corrected chi connectivity index (χ2v) is 6.38. The molecule has 0 aliphatic heterocycles. The van der Waals surface area contributed by atoms with Crippen molar-refractivity contribution in [3.8, 4) is 0 Å². The van der Waals surface area contributed by atoms with Crippen molar-refractivity contribution in [2.75, 3.05) is 19.4 Å². The van der Waals surface area contributed by atoms with Crippen LogP contribution in [0.5, 0.6) is 0 Å². The predicted octanol–water partition coefficient (Wildman–Crippen LogP) is 3.22. The van der Waals surface area contributed by atoms with E-state index in [0.717, 1.165) is 11.1 Å². The zero-order chi connectivity index (χ0) is 19.1. The van der Waals surface area contributed by atoms with Gasteiger partial charge in [0.2, 0.25) is 5.91 Å². The number of amides is 2. The summed E-state index contributed by atoms with van der Waals surface area (Å²) in [5.74, 6) is -0.437. The van der Waals surface area contributed by atoms with Crippen LogP contribution in [0.4, 0.5) is 5.69 Å². The molecule has 0 aliphatic carbocycles. The topological polar surface area (TPSA) is 61.4 Å². The number of benzene rings is 2. The molecule has 2 aromatic rings. The van der Waals surface area contributed by atoms with Crippen molar-refractivity contribution in [3.63, 3.8) is 0 Å². The molecule has 2 aromatic carbocycles. The minimum Gasteiger partial charge on any atom is -0.345 e. The van der Waals surface area contributed by atoms with E-state index in [-0.39, 0.29) is 16.9 Å². The van der Waals surface area contributed by atoms with Crippen molar-refractivity contribution in [3.05, 3.63) is 71.3 Å². The maximum atomic E-state index is 12.0. The molecule has 0 atom stereocenters. The lowest BCUT2D eigenvalue weighted by Gasteiger charge is -2.12. The molecule has 26 heavy (non-hydrogen) atoms. The zero-order valence-corrected chi connectivity index (χ0v) is 15.8. The molecule has 0 saturated carbocycles. The predicted molar refractivity (Wildman–Crippen MR) is 109 cm³/mol. The fourth-order valence-electron chi connectivity index (χ4n) is 2.15. The molecule has 0 unspecified atom stereocenters. The van der Waals surface area contributed by atoms with Gasteiger partial charge in [0.25, 0.3) is 5.91 Å². The van der Waals surface area contributed by atoms with Gasteiger partial charge in [0.15, 0.2) is 5.11 Å². The Kier molecular flexibility index (Phi) is 6.63. The first-order valence-corrected chi connectivity index (χ1v) is 8.44. The molecule has 0 aromatic heterocycles. The molecular weight excluding hydrogens is 346 g/mol. The average Bonchev–Trinajstić information content (AvgIpc) is 2.60. The minimum absolute atomic E-state index is 0.107. The summed E-state index contributed by atoms with van der Waals surface area (Å²) < 4.78 is 0. The number of thiocarbonyl (C=S) groups is 1. The van der Waals surface area contributed by atoms with Crippen LogP contribution in [0.25, 0.3) is 6.08 Å². The SMILES string of the molecule is Cc1ccc(/C=C/C(=O)NC(=S)Nc2cccc(C(=O)N(C)C)c2)cc1. The van der Waals surface area contributed by atoms with E-state index in [1.54, 1.807) is 44.4 Å².